The molecule has 8 heteroatoms. The molecular formula is C16H19N3O5. The number of carbonyl (C=O) groups is 3. The average Bonchev–Trinajstić information content (AvgIpc) is 2.60. The van der Waals surface area contributed by atoms with Gasteiger partial charge in [0.2, 0.25) is 0 Å². The largest absolute Gasteiger partial charge is 0.477 e. The van der Waals surface area contributed by atoms with E-state index in [0.717, 1.165) is 18.0 Å². The van der Waals surface area contributed by atoms with Crippen molar-refractivity contribution in [3.05, 3.63) is 35.4 Å². The standard InChI is InChI=1S/C16H19N3O5/c1-16(15(23)24-2)5-3-10(4-6-16)8-17-13(20)11-7-12(14(21)22)19-9-18-11/h3,7,9H,4-6,8H2,1-2H3,(H,17,20)(H,21,22). The third kappa shape index (κ3) is 3.95. The van der Waals surface area contributed by atoms with Gasteiger partial charge in [-0.1, -0.05) is 11.6 Å². The predicted molar refractivity (Wildman–Crippen MR) is 83.4 cm³/mol. The molecule has 0 fully saturated rings. The second kappa shape index (κ2) is 7.20. The van der Waals surface area contributed by atoms with Crippen LogP contribution in [0.1, 0.15) is 47.2 Å². The van der Waals surface area contributed by atoms with Gasteiger partial charge in [-0.05, 0) is 26.2 Å². The zero-order chi connectivity index (χ0) is 17.7. The lowest BCUT2D eigenvalue weighted by Crippen LogP contribution is -2.33. The number of rotatable bonds is 5. The number of amides is 1. The lowest BCUT2D eigenvalue weighted by atomic mass is 9.76. The van der Waals surface area contributed by atoms with Gasteiger partial charge in [0.15, 0.2) is 5.69 Å². The molecule has 1 amide bonds. The summed E-state index contributed by atoms with van der Waals surface area (Å²) in [5, 5.41) is 11.6. The van der Waals surface area contributed by atoms with E-state index in [0.29, 0.717) is 25.8 Å². The van der Waals surface area contributed by atoms with Crippen LogP contribution < -0.4 is 5.32 Å². The Balaban J connectivity index is 1.94. The first kappa shape index (κ1) is 17.6. The van der Waals surface area contributed by atoms with E-state index >= 15 is 0 Å². The van der Waals surface area contributed by atoms with Gasteiger partial charge in [0.1, 0.15) is 12.0 Å². The second-order valence-electron chi connectivity index (χ2n) is 5.90. The molecule has 2 N–H and O–H groups in total. The van der Waals surface area contributed by atoms with Crippen LogP contribution in [0.15, 0.2) is 24.0 Å². The minimum absolute atomic E-state index is 0.00166. The quantitative estimate of drug-likeness (QED) is 0.613. The first-order chi connectivity index (χ1) is 11.4. The number of hydrogen-bond acceptors (Lipinski definition) is 6. The molecule has 8 nitrogen and oxygen atoms in total. The van der Waals surface area contributed by atoms with Gasteiger partial charge in [0.25, 0.3) is 5.91 Å². The molecule has 0 bridgehead atoms. The van der Waals surface area contributed by atoms with Crippen molar-refractivity contribution in [3.8, 4) is 0 Å². The SMILES string of the molecule is COC(=O)C1(C)CC=C(CNC(=O)c2cc(C(=O)O)ncn2)CC1. The van der Waals surface area contributed by atoms with Crippen LogP contribution in [-0.2, 0) is 9.53 Å². The molecule has 2 rings (SSSR count). The number of nitrogens with zero attached hydrogens (tertiary/aromatic N) is 2. The van der Waals surface area contributed by atoms with Crippen LogP contribution in [0, 0.1) is 5.41 Å². The second-order valence-corrected chi connectivity index (χ2v) is 5.90. The molecule has 0 saturated carbocycles. The van der Waals surface area contributed by atoms with Crippen molar-refractivity contribution >= 4 is 17.8 Å². The molecule has 0 aromatic carbocycles. The molecule has 1 unspecified atom stereocenters. The van der Waals surface area contributed by atoms with Crippen LogP contribution in [0.25, 0.3) is 0 Å². The van der Waals surface area contributed by atoms with Crippen LogP contribution in [0.4, 0.5) is 0 Å². The van der Waals surface area contributed by atoms with Gasteiger partial charge in [0.05, 0.1) is 12.5 Å². The molecule has 1 aromatic rings. The summed E-state index contributed by atoms with van der Waals surface area (Å²) >= 11 is 0. The molecule has 1 atom stereocenters. The van der Waals surface area contributed by atoms with Crippen LogP contribution in [0.2, 0.25) is 0 Å². The smallest absolute Gasteiger partial charge is 0.354 e. The molecule has 1 aliphatic carbocycles. The maximum absolute atomic E-state index is 12.0. The summed E-state index contributed by atoms with van der Waals surface area (Å²) in [6, 6.07) is 1.13. The minimum Gasteiger partial charge on any atom is -0.477 e. The zero-order valence-electron chi connectivity index (χ0n) is 13.5. The van der Waals surface area contributed by atoms with E-state index in [1.165, 1.54) is 7.11 Å². The third-order valence-electron chi connectivity index (χ3n) is 4.11. The van der Waals surface area contributed by atoms with Gasteiger partial charge >= 0.3 is 11.9 Å². The van der Waals surface area contributed by atoms with Gasteiger partial charge in [0, 0.05) is 12.6 Å². The van der Waals surface area contributed by atoms with Crippen molar-refractivity contribution in [3.63, 3.8) is 0 Å². The highest BCUT2D eigenvalue weighted by atomic mass is 16.5. The fraction of sp³-hybridized carbons (Fsp3) is 0.438. The van der Waals surface area contributed by atoms with E-state index in [9.17, 15) is 14.4 Å². The number of nitrogens with one attached hydrogen (secondary N) is 1. The van der Waals surface area contributed by atoms with Crippen molar-refractivity contribution in [1.29, 1.82) is 0 Å². The topological polar surface area (TPSA) is 118 Å². The van der Waals surface area contributed by atoms with Crippen LogP contribution in [-0.4, -0.2) is 46.6 Å². The highest BCUT2D eigenvalue weighted by Crippen LogP contribution is 2.35. The monoisotopic (exact) mass is 333 g/mol. The summed E-state index contributed by atoms with van der Waals surface area (Å²) in [5.74, 6) is -1.92. The zero-order valence-corrected chi connectivity index (χ0v) is 13.5. The number of carboxylic acid groups (broad SMARTS) is 1. The van der Waals surface area contributed by atoms with Crippen molar-refractivity contribution in [2.45, 2.75) is 26.2 Å². The number of hydrogen-bond donors (Lipinski definition) is 2. The first-order valence-corrected chi connectivity index (χ1v) is 7.45. The maximum atomic E-state index is 12.0. The Bertz CT molecular complexity index is 701. The van der Waals surface area contributed by atoms with Crippen LogP contribution in [0.3, 0.4) is 0 Å². The van der Waals surface area contributed by atoms with Gasteiger partial charge < -0.3 is 15.2 Å². The van der Waals surface area contributed by atoms with Gasteiger partial charge in [-0.3, -0.25) is 9.59 Å². The van der Waals surface area contributed by atoms with E-state index in [1.807, 2.05) is 13.0 Å². The first-order valence-electron chi connectivity index (χ1n) is 7.45. The summed E-state index contributed by atoms with van der Waals surface area (Å²) in [6.45, 7) is 2.18. The summed E-state index contributed by atoms with van der Waals surface area (Å²) in [4.78, 5) is 42.0. The van der Waals surface area contributed by atoms with Crippen molar-refractivity contribution in [2.75, 3.05) is 13.7 Å². The Kier molecular flexibility index (Phi) is 5.28. The van der Waals surface area contributed by atoms with E-state index in [4.69, 9.17) is 9.84 Å². The Labute approximate surface area is 138 Å². The van der Waals surface area contributed by atoms with Crippen LogP contribution in [0.5, 0.6) is 0 Å². The van der Waals surface area contributed by atoms with Gasteiger partial charge in [-0.15, -0.1) is 0 Å². The Morgan fingerprint density at radius 1 is 1.33 bits per heavy atom. The number of aromatic nitrogens is 2. The molecule has 0 radical (unpaired) electrons. The average molecular weight is 333 g/mol. The normalized spacial score (nSPS) is 20.0. The van der Waals surface area contributed by atoms with Crippen LogP contribution >= 0.6 is 0 Å². The number of esters is 1. The third-order valence-corrected chi connectivity index (χ3v) is 4.11. The molecule has 1 aromatic heterocycles. The molecule has 1 aliphatic rings. The summed E-state index contributed by atoms with van der Waals surface area (Å²) in [7, 11) is 1.38. The highest BCUT2D eigenvalue weighted by molar-refractivity contribution is 5.95. The molecule has 128 valence electrons. The number of carboxylic acids is 1. The Morgan fingerprint density at radius 3 is 2.62 bits per heavy atom. The van der Waals surface area contributed by atoms with Gasteiger partial charge in [-0.25, -0.2) is 14.8 Å². The van der Waals surface area contributed by atoms with E-state index in [-0.39, 0.29) is 17.4 Å². The summed E-state index contributed by atoms with van der Waals surface area (Å²) < 4.78 is 4.81. The van der Waals surface area contributed by atoms with Crippen molar-refractivity contribution in [2.24, 2.45) is 5.41 Å². The fourth-order valence-electron chi connectivity index (χ4n) is 2.49. The minimum atomic E-state index is -1.22. The Morgan fingerprint density at radius 2 is 2.04 bits per heavy atom. The van der Waals surface area contributed by atoms with E-state index in [1.54, 1.807) is 0 Å². The number of ether oxygens (including phenoxy) is 1. The Hall–Kier alpha value is -2.77. The number of allylic oxidation sites excluding steroid dienone is 1. The molecule has 0 spiro atoms. The maximum Gasteiger partial charge on any atom is 0.354 e. The van der Waals surface area contributed by atoms with Crippen molar-refractivity contribution in [1.82, 2.24) is 15.3 Å². The number of carbonyl (C=O) groups excluding carboxylic acids is 2. The molecule has 1 heterocycles. The molecule has 0 saturated heterocycles. The summed E-state index contributed by atoms with van der Waals surface area (Å²) in [6.07, 6.45) is 4.86. The van der Waals surface area contributed by atoms with E-state index < -0.39 is 17.3 Å². The fourth-order valence-corrected chi connectivity index (χ4v) is 2.49. The molecule has 24 heavy (non-hydrogen) atoms. The lowest BCUT2D eigenvalue weighted by molar-refractivity contribution is -0.152. The van der Waals surface area contributed by atoms with Gasteiger partial charge in [-0.2, -0.15) is 0 Å². The lowest BCUT2D eigenvalue weighted by Gasteiger charge is -2.30. The number of aromatic carboxylic acids is 1. The molecule has 0 aliphatic heterocycles. The number of methoxy groups -OCH3 is 1. The van der Waals surface area contributed by atoms with E-state index in [2.05, 4.69) is 15.3 Å². The predicted octanol–water partition coefficient (Wildman–Crippen LogP) is 1.19. The summed E-state index contributed by atoms with van der Waals surface area (Å²) in [5.41, 5.74) is 0.252. The molecular weight excluding hydrogens is 314 g/mol. The van der Waals surface area contributed by atoms with Crippen molar-refractivity contribution < 1.29 is 24.2 Å². The highest BCUT2D eigenvalue weighted by Gasteiger charge is 2.35.